The number of aryl methyl sites for hydroxylation is 1. The van der Waals surface area contributed by atoms with Crippen LogP contribution in [0, 0.1) is 12.7 Å². The van der Waals surface area contributed by atoms with E-state index in [1.807, 2.05) is 25.1 Å². The highest BCUT2D eigenvalue weighted by molar-refractivity contribution is 7.98. The molecule has 0 aliphatic rings. The lowest BCUT2D eigenvalue weighted by Crippen LogP contribution is -2.13. The standard InChI is InChI=1S/C15H15FN2OS/c1-10-3-2-4-11(7-10)9-20-14-6-5-12(8-13(14)16)15(17)18-19/h2-8,19H,9H2,1H3,(H2,17,18). The number of hydrogen-bond acceptors (Lipinski definition) is 3. The Morgan fingerprint density at radius 3 is 2.75 bits per heavy atom. The number of oxime groups is 1. The molecule has 0 bridgehead atoms. The second kappa shape index (κ2) is 6.43. The van der Waals surface area contributed by atoms with Crippen molar-refractivity contribution in [2.24, 2.45) is 10.9 Å². The van der Waals surface area contributed by atoms with Gasteiger partial charge >= 0.3 is 0 Å². The average molecular weight is 290 g/mol. The Morgan fingerprint density at radius 1 is 1.30 bits per heavy atom. The molecular formula is C15H15FN2OS. The maximum absolute atomic E-state index is 13.9. The minimum absolute atomic E-state index is 0.0980. The van der Waals surface area contributed by atoms with Gasteiger partial charge in [-0.2, -0.15) is 0 Å². The Bertz CT molecular complexity index is 644. The van der Waals surface area contributed by atoms with Crippen LogP contribution in [0.2, 0.25) is 0 Å². The largest absolute Gasteiger partial charge is 0.409 e. The van der Waals surface area contributed by atoms with Crippen molar-refractivity contribution in [2.75, 3.05) is 0 Å². The number of halogens is 1. The van der Waals surface area contributed by atoms with Gasteiger partial charge in [0.05, 0.1) is 0 Å². The van der Waals surface area contributed by atoms with Crippen LogP contribution in [-0.2, 0) is 5.75 Å². The van der Waals surface area contributed by atoms with E-state index in [0.717, 1.165) is 5.56 Å². The lowest BCUT2D eigenvalue weighted by atomic mass is 10.2. The predicted octanol–water partition coefficient (Wildman–Crippen LogP) is 3.52. The monoisotopic (exact) mass is 290 g/mol. The number of benzene rings is 2. The summed E-state index contributed by atoms with van der Waals surface area (Å²) in [5.41, 5.74) is 8.12. The van der Waals surface area contributed by atoms with Crippen molar-refractivity contribution in [3.05, 3.63) is 65.0 Å². The highest BCUT2D eigenvalue weighted by Crippen LogP contribution is 2.26. The van der Waals surface area contributed by atoms with Gasteiger partial charge in [-0.1, -0.05) is 35.0 Å². The molecule has 0 radical (unpaired) electrons. The summed E-state index contributed by atoms with van der Waals surface area (Å²) in [4.78, 5) is 0.543. The van der Waals surface area contributed by atoms with E-state index in [1.165, 1.54) is 23.4 Å². The molecule has 0 saturated heterocycles. The van der Waals surface area contributed by atoms with E-state index in [-0.39, 0.29) is 11.7 Å². The van der Waals surface area contributed by atoms with E-state index >= 15 is 0 Å². The molecule has 3 N–H and O–H groups in total. The molecule has 0 atom stereocenters. The zero-order valence-corrected chi connectivity index (χ0v) is 11.8. The summed E-state index contributed by atoms with van der Waals surface area (Å²) in [6.07, 6.45) is 0. The smallest absolute Gasteiger partial charge is 0.170 e. The van der Waals surface area contributed by atoms with Gasteiger partial charge in [-0.25, -0.2) is 4.39 Å². The number of rotatable bonds is 4. The third-order valence-electron chi connectivity index (χ3n) is 2.81. The van der Waals surface area contributed by atoms with Crippen LogP contribution in [0.4, 0.5) is 4.39 Å². The fraction of sp³-hybridized carbons (Fsp3) is 0.133. The predicted molar refractivity (Wildman–Crippen MR) is 79.7 cm³/mol. The molecule has 20 heavy (non-hydrogen) atoms. The topological polar surface area (TPSA) is 58.6 Å². The van der Waals surface area contributed by atoms with Gasteiger partial charge < -0.3 is 10.9 Å². The third-order valence-corrected chi connectivity index (χ3v) is 3.93. The molecular weight excluding hydrogens is 275 g/mol. The van der Waals surface area contributed by atoms with E-state index in [4.69, 9.17) is 10.9 Å². The SMILES string of the molecule is Cc1cccc(CSc2ccc(C(N)=NO)cc2F)c1. The molecule has 2 aromatic rings. The molecule has 104 valence electrons. The number of nitrogens with zero attached hydrogens (tertiary/aromatic N) is 1. The summed E-state index contributed by atoms with van der Waals surface area (Å²) in [5, 5.41) is 11.4. The van der Waals surface area contributed by atoms with Gasteiger partial charge in [0.2, 0.25) is 0 Å². The molecule has 0 aliphatic heterocycles. The summed E-state index contributed by atoms with van der Waals surface area (Å²) in [6.45, 7) is 2.03. The average Bonchev–Trinajstić information content (AvgIpc) is 2.45. The summed E-state index contributed by atoms with van der Waals surface area (Å²) < 4.78 is 13.9. The zero-order valence-electron chi connectivity index (χ0n) is 11.0. The molecule has 5 heteroatoms. The van der Waals surface area contributed by atoms with Gasteiger partial charge in [-0.05, 0) is 30.7 Å². The van der Waals surface area contributed by atoms with Crippen molar-refractivity contribution in [3.63, 3.8) is 0 Å². The molecule has 3 nitrogen and oxygen atoms in total. The molecule has 0 heterocycles. The van der Waals surface area contributed by atoms with Crippen molar-refractivity contribution < 1.29 is 9.60 Å². The van der Waals surface area contributed by atoms with Crippen molar-refractivity contribution in [1.82, 2.24) is 0 Å². The Balaban J connectivity index is 2.11. The Hall–Kier alpha value is -2.01. The molecule has 0 fully saturated rings. The van der Waals surface area contributed by atoms with Crippen LogP contribution in [0.3, 0.4) is 0 Å². The summed E-state index contributed by atoms with van der Waals surface area (Å²) in [5.74, 6) is 0.229. The minimum atomic E-state index is -0.369. The van der Waals surface area contributed by atoms with Crippen molar-refractivity contribution in [2.45, 2.75) is 17.6 Å². The van der Waals surface area contributed by atoms with Gasteiger partial charge in [0.25, 0.3) is 0 Å². The lowest BCUT2D eigenvalue weighted by Gasteiger charge is -2.06. The molecule has 0 aromatic heterocycles. The fourth-order valence-corrected chi connectivity index (χ4v) is 2.66. The van der Waals surface area contributed by atoms with Gasteiger partial charge in [-0.15, -0.1) is 11.8 Å². The third kappa shape index (κ3) is 3.51. The molecule has 0 saturated carbocycles. The molecule has 0 amide bonds. The van der Waals surface area contributed by atoms with Gasteiger partial charge in [0, 0.05) is 16.2 Å². The van der Waals surface area contributed by atoms with Crippen LogP contribution >= 0.6 is 11.8 Å². The van der Waals surface area contributed by atoms with Crippen molar-refractivity contribution in [3.8, 4) is 0 Å². The number of thioether (sulfide) groups is 1. The number of amidine groups is 1. The van der Waals surface area contributed by atoms with Crippen LogP contribution in [0.1, 0.15) is 16.7 Å². The second-order valence-electron chi connectivity index (χ2n) is 4.41. The molecule has 0 unspecified atom stereocenters. The van der Waals surface area contributed by atoms with E-state index in [1.54, 1.807) is 12.1 Å². The van der Waals surface area contributed by atoms with Crippen LogP contribution in [0.5, 0.6) is 0 Å². The second-order valence-corrected chi connectivity index (χ2v) is 5.43. The zero-order chi connectivity index (χ0) is 14.5. The molecule has 0 spiro atoms. The summed E-state index contributed by atoms with van der Waals surface area (Å²) in [6, 6.07) is 12.7. The first-order valence-electron chi connectivity index (χ1n) is 6.06. The fourth-order valence-electron chi connectivity index (χ4n) is 1.80. The Kier molecular flexibility index (Phi) is 4.63. The Morgan fingerprint density at radius 2 is 2.10 bits per heavy atom. The highest BCUT2D eigenvalue weighted by atomic mass is 32.2. The molecule has 2 rings (SSSR count). The quantitative estimate of drug-likeness (QED) is 0.298. The first kappa shape index (κ1) is 14.4. The Labute approximate surface area is 121 Å². The first-order chi connectivity index (χ1) is 9.60. The molecule has 2 aromatic carbocycles. The maximum Gasteiger partial charge on any atom is 0.170 e. The first-order valence-corrected chi connectivity index (χ1v) is 7.04. The van der Waals surface area contributed by atoms with Crippen molar-refractivity contribution in [1.29, 1.82) is 0 Å². The minimum Gasteiger partial charge on any atom is -0.409 e. The summed E-state index contributed by atoms with van der Waals surface area (Å²) in [7, 11) is 0. The lowest BCUT2D eigenvalue weighted by molar-refractivity contribution is 0.318. The van der Waals surface area contributed by atoms with Crippen molar-refractivity contribution >= 4 is 17.6 Å². The number of hydrogen-bond donors (Lipinski definition) is 2. The van der Waals surface area contributed by atoms with E-state index in [2.05, 4.69) is 11.2 Å². The number of nitrogens with two attached hydrogens (primary N) is 1. The van der Waals surface area contributed by atoms with E-state index < -0.39 is 0 Å². The highest BCUT2D eigenvalue weighted by Gasteiger charge is 2.07. The van der Waals surface area contributed by atoms with Gasteiger partial charge in [-0.3, -0.25) is 0 Å². The van der Waals surface area contributed by atoms with Crippen LogP contribution in [-0.4, -0.2) is 11.0 Å². The normalized spacial score (nSPS) is 11.6. The van der Waals surface area contributed by atoms with Crippen LogP contribution in [0.15, 0.2) is 52.5 Å². The maximum atomic E-state index is 13.9. The van der Waals surface area contributed by atoms with Crippen LogP contribution < -0.4 is 5.73 Å². The van der Waals surface area contributed by atoms with Crippen LogP contribution in [0.25, 0.3) is 0 Å². The summed E-state index contributed by atoms with van der Waals surface area (Å²) >= 11 is 1.42. The van der Waals surface area contributed by atoms with E-state index in [9.17, 15) is 4.39 Å². The van der Waals surface area contributed by atoms with E-state index in [0.29, 0.717) is 16.2 Å². The van der Waals surface area contributed by atoms with Gasteiger partial charge in [0.15, 0.2) is 5.84 Å². The molecule has 0 aliphatic carbocycles. The van der Waals surface area contributed by atoms with Gasteiger partial charge in [0.1, 0.15) is 5.82 Å².